The molecule has 0 unspecified atom stereocenters. The molecule has 8 heteroatoms. The number of rotatable bonds is 7. The highest BCUT2D eigenvalue weighted by atomic mass is 32.2. The molecule has 144 valence electrons. The molecule has 2 heterocycles. The highest BCUT2D eigenvalue weighted by Crippen LogP contribution is 2.27. The first-order valence-electron chi connectivity index (χ1n) is 8.55. The number of hydrogen-bond acceptors (Lipinski definition) is 5. The quantitative estimate of drug-likeness (QED) is 0.459. The molecule has 4 aromatic rings. The van der Waals surface area contributed by atoms with Gasteiger partial charge in [-0.05, 0) is 56.9 Å². The van der Waals surface area contributed by atoms with Crippen LogP contribution >= 0.6 is 22.7 Å². The predicted molar refractivity (Wildman–Crippen MR) is 115 cm³/mol. The van der Waals surface area contributed by atoms with Crippen LogP contribution < -0.4 is 4.72 Å². The summed E-state index contributed by atoms with van der Waals surface area (Å²) < 4.78 is 29.7. The standard InChI is InChI=1S/C20H17NO4S3/c22-20(23)17(10-15-11-27-19-4-2-1-3-16(15)19)21-28(24,25)12-13-5-6-18-14(9-13)7-8-26-18/h1-9,11,17,21H,10,12H2,(H,22,23)/t17-/m1/s1. The maximum absolute atomic E-state index is 12.6. The third-order valence-electron chi connectivity index (χ3n) is 4.48. The number of thiophene rings is 2. The lowest BCUT2D eigenvalue weighted by Crippen LogP contribution is -2.42. The maximum Gasteiger partial charge on any atom is 0.322 e. The molecule has 4 rings (SSSR count). The average Bonchev–Trinajstić information content (AvgIpc) is 3.27. The minimum Gasteiger partial charge on any atom is -0.480 e. The second-order valence-corrected chi connectivity index (χ2v) is 10.1. The molecule has 0 aliphatic rings. The number of aliphatic carboxylic acids is 1. The fraction of sp³-hybridized carbons (Fsp3) is 0.150. The van der Waals surface area contributed by atoms with Gasteiger partial charge in [0.05, 0.1) is 5.75 Å². The topological polar surface area (TPSA) is 83.5 Å². The van der Waals surface area contributed by atoms with E-state index in [9.17, 15) is 18.3 Å². The van der Waals surface area contributed by atoms with Crippen molar-refractivity contribution in [1.82, 2.24) is 4.72 Å². The van der Waals surface area contributed by atoms with Crippen LogP contribution in [0.2, 0.25) is 0 Å². The first-order valence-corrected chi connectivity index (χ1v) is 12.0. The first kappa shape index (κ1) is 19.1. The largest absolute Gasteiger partial charge is 0.480 e. The summed E-state index contributed by atoms with van der Waals surface area (Å²) in [5.74, 6) is -1.44. The molecular formula is C20H17NO4S3. The summed E-state index contributed by atoms with van der Waals surface area (Å²) in [4.78, 5) is 11.7. The molecule has 5 nitrogen and oxygen atoms in total. The molecule has 2 N–H and O–H groups in total. The van der Waals surface area contributed by atoms with Crippen molar-refractivity contribution in [3.8, 4) is 0 Å². The van der Waals surface area contributed by atoms with Gasteiger partial charge in [0.1, 0.15) is 6.04 Å². The van der Waals surface area contributed by atoms with Crippen molar-refractivity contribution in [2.75, 3.05) is 0 Å². The Labute approximate surface area is 170 Å². The van der Waals surface area contributed by atoms with Crippen LogP contribution in [0.15, 0.2) is 59.3 Å². The highest BCUT2D eigenvalue weighted by molar-refractivity contribution is 7.88. The minimum atomic E-state index is -3.81. The normalized spacial score (nSPS) is 13.1. The molecule has 2 aromatic heterocycles. The monoisotopic (exact) mass is 431 g/mol. The van der Waals surface area contributed by atoms with Crippen LogP contribution in [0.1, 0.15) is 11.1 Å². The predicted octanol–water partition coefficient (Wildman–Crippen LogP) is 4.23. The maximum atomic E-state index is 12.6. The van der Waals surface area contributed by atoms with Crippen LogP contribution in [0.4, 0.5) is 0 Å². The molecule has 0 spiro atoms. The van der Waals surface area contributed by atoms with E-state index in [0.29, 0.717) is 5.56 Å². The molecule has 0 bridgehead atoms. The Morgan fingerprint density at radius 3 is 2.71 bits per heavy atom. The van der Waals surface area contributed by atoms with E-state index < -0.39 is 22.0 Å². The molecule has 0 fully saturated rings. The molecule has 0 aliphatic carbocycles. The Morgan fingerprint density at radius 1 is 1.07 bits per heavy atom. The summed E-state index contributed by atoms with van der Waals surface area (Å²) in [6.45, 7) is 0. The van der Waals surface area contributed by atoms with Crippen LogP contribution in [-0.2, 0) is 27.0 Å². The zero-order valence-corrected chi connectivity index (χ0v) is 17.1. The van der Waals surface area contributed by atoms with Gasteiger partial charge in [-0.15, -0.1) is 22.7 Å². The fourth-order valence-electron chi connectivity index (χ4n) is 3.17. The van der Waals surface area contributed by atoms with Crippen LogP contribution in [0.25, 0.3) is 20.2 Å². The summed E-state index contributed by atoms with van der Waals surface area (Å²) in [7, 11) is -3.81. The number of carboxylic acids is 1. The van der Waals surface area contributed by atoms with E-state index in [-0.39, 0.29) is 12.2 Å². The van der Waals surface area contributed by atoms with E-state index in [1.807, 2.05) is 53.2 Å². The van der Waals surface area contributed by atoms with Gasteiger partial charge in [-0.1, -0.05) is 24.3 Å². The van der Waals surface area contributed by atoms with Crippen molar-refractivity contribution in [2.45, 2.75) is 18.2 Å². The van der Waals surface area contributed by atoms with Gasteiger partial charge in [0.2, 0.25) is 10.0 Å². The molecule has 2 aromatic carbocycles. The second kappa shape index (κ2) is 7.63. The van der Waals surface area contributed by atoms with Crippen molar-refractivity contribution in [3.05, 3.63) is 70.4 Å². The van der Waals surface area contributed by atoms with Crippen molar-refractivity contribution in [3.63, 3.8) is 0 Å². The van der Waals surface area contributed by atoms with Crippen LogP contribution in [0, 0.1) is 0 Å². The minimum absolute atomic E-state index is 0.0993. The molecule has 28 heavy (non-hydrogen) atoms. The molecule has 0 aliphatic heterocycles. The van der Waals surface area contributed by atoms with E-state index in [2.05, 4.69) is 4.72 Å². The Bertz CT molecular complexity index is 1260. The Morgan fingerprint density at radius 2 is 1.89 bits per heavy atom. The van der Waals surface area contributed by atoms with E-state index in [4.69, 9.17) is 0 Å². The second-order valence-electron chi connectivity index (χ2n) is 6.52. The number of hydrogen-bond donors (Lipinski definition) is 2. The number of sulfonamides is 1. The van der Waals surface area contributed by atoms with Gasteiger partial charge in [-0.3, -0.25) is 4.79 Å². The Balaban J connectivity index is 1.53. The number of benzene rings is 2. The molecule has 0 saturated carbocycles. The molecule has 1 atom stereocenters. The van der Waals surface area contributed by atoms with E-state index in [1.165, 1.54) is 11.3 Å². The first-order chi connectivity index (χ1) is 13.4. The zero-order chi connectivity index (χ0) is 19.7. The number of fused-ring (bicyclic) bond motifs is 2. The SMILES string of the molecule is O=C(O)[C@@H](Cc1csc2ccccc12)NS(=O)(=O)Cc1ccc2sccc2c1. The van der Waals surface area contributed by atoms with Crippen molar-refractivity contribution in [1.29, 1.82) is 0 Å². The van der Waals surface area contributed by atoms with Gasteiger partial charge in [-0.25, -0.2) is 13.1 Å². The summed E-state index contributed by atoms with van der Waals surface area (Å²) in [6.07, 6.45) is 0.0993. The fourth-order valence-corrected chi connectivity index (χ4v) is 6.24. The third kappa shape index (κ3) is 4.10. The third-order valence-corrected chi connectivity index (χ3v) is 7.75. The number of carboxylic acid groups (broad SMARTS) is 1. The lowest BCUT2D eigenvalue weighted by Gasteiger charge is -2.15. The molecule has 0 amide bonds. The summed E-state index contributed by atoms with van der Waals surface area (Å²) in [5.41, 5.74) is 1.46. The van der Waals surface area contributed by atoms with Gasteiger partial charge in [0.15, 0.2) is 0 Å². The van der Waals surface area contributed by atoms with E-state index >= 15 is 0 Å². The summed E-state index contributed by atoms with van der Waals surface area (Å²) in [6, 6.07) is 13.9. The molecular weight excluding hydrogens is 414 g/mol. The number of carbonyl (C=O) groups is 1. The van der Waals surface area contributed by atoms with Gasteiger partial charge in [-0.2, -0.15) is 0 Å². The summed E-state index contributed by atoms with van der Waals surface area (Å²) in [5, 5.41) is 15.3. The number of nitrogens with one attached hydrogen (secondary N) is 1. The van der Waals surface area contributed by atoms with Crippen LogP contribution in [0.5, 0.6) is 0 Å². The average molecular weight is 432 g/mol. The Hall–Kier alpha value is -2.26. The molecule has 0 saturated heterocycles. The lowest BCUT2D eigenvalue weighted by molar-refractivity contribution is -0.138. The summed E-state index contributed by atoms with van der Waals surface area (Å²) >= 11 is 3.11. The van der Waals surface area contributed by atoms with Gasteiger partial charge >= 0.3 is 5.97 Å². The van der Waals surface area contributed by atoms with Crippen molar-refractivity contribution < 1.29 is 18.3 Å². The van der Waals surface area contributed by atoms with Crippen molar-refractivity contribution >= 4 is 58.8 Å². The lowest BCUT2D eigenvalue weighted by atomic mass is 10.1. The highest BCUT2D eigenvalue weighted by Gasteiger charge is 2.25. The molecule has 0 radical (unpaired) electrons. The van der Waals surface area contributed by atoms with Crippen LogP contribution in [-0.4, -0.2) is 25.5 Å². The Kier molecular flexibility index (Phi) is 5.20. The van der Waals surface area contributed by atoms with E-state index in [0.717, 1.165) is 25.7 Å². The zero-order valence-electron chi connectivity index (χ0n) is 14.7. The van der Waals surface area contributed by atoms with Gasteiger partial charge < -0.3 is 5.11 Å². The smallest absolute Gasteiger partial charge is 0.322 e. The van der Waals surface area contributed by atoms with Gasteiger partial charge in [0.25, 0.3) is 0 Å². The van der Waals surface area contributed by atoms with Gasteiger partial charge in [0, 0.05) is 15.8 Å². The van der Waals surface area contributed by atoms with Crippen molar-refractivity contribution in [2.24, 2.45) is 0 Å². The van der Waals surface area contributed by atoms with E-state index in [1.54, 1.807) is 17.4 Å². The van der Waals surface area contributed by atoms with Crippen LogP contribution in [0.3, 0.4) is 0 Å².